The summed E-state index contributed by atoms with van der Waals surface area (Å²) in [5.74, 6) is 0.696. The van der Waals surface area contributed by atoms with E-state index in [1.165, 1.54) is 16.7 Å². The van der Waals surface area contributed by atoms with Crippen LogP contribution in [0.5, 0.6) is 5.75 Å². The largest absolute Gasteiger partial charge is 0.480 e. The van der Waals surface area contributed by atoms with Gasteiger partial charge in [0.1, 0.15) is 5.75 Å². The highest BCUT2D eigenvalue weighted by Gasteiger charge is 2.22. The van der Waals surface area contributed by atoms with Crippen LogP contribution in [0.1, 0.15) is 54.1 Å². The fraction of sp³-hybridized carbons (Fsp3) is 0.409. The van der Waals surface area contributed by atoms with Crippen LogP contribution in [-0.2, 0) is 4.79 Å². The fourth-order valence-corrected chi connectivity index (χ4v) is 3.10. The second-order valence-corrected chi connectivity index (χ2v) is 6.87. The Kier molecular flexibility index (Phi) is 6.24. The number of amides is 1. The maximum atomic E-state index is 12.7. The summed E-state index contributed by atoms with van der Waals surface area (Å²) >= 11 is 0. The van der Waals surface area contributed by atoms with Gasteiger partial charge in [-0.15, -0.1) is 0 Å². The lowest BCUT2D eigenvalue weighted by molar-refractivity contribution is -0.128. The van der Waals surface area contributed by atoms with Gasteiger partial charge in [-0.05, 0) is 63.8 Å². The van der Waals surface area contributed by atoms with Gasteiger partial charge < -0.3 is 10.1 Å². The molecule has 0 aromatic heterocycles. The number of rotatable bonds is 6. The SMILES string of the molecule is CCC(Oc1ccc(C)cc1C)C(=O)NC(C)c1ccc(C)cc1C. The molecule has 0 aliphatic heterocycles. The molecule has 2 aromatic rings. The van der Waals surface area contributed by atoms with Gasteiger partial charge in [-0.1, -0.05) is 48.4 Å². The van der Waals surface area contributed by atoms with E-state index in [2.05, 4.69) is 43.4 Å². The first-order valence-electron chi connectivity index (χ1n) is 8.93. The van der Waals surface area contributed by atoms with Crippen LogP contribution in [0.15, 0.2) is 36.4 Å². The molecular weight excluding hydrogens is 310 g/mol. The summed E-state index contributed by atoms with van der Waals surface area (Å²) in [5, 5.41) is 3.09. The third-order valence-electron chi connectivity index (χ3n) is 4.51. The van der Waals surface area contributed by atoms with Gasteiger partial charge in [0.05, 0.1) is 6.04 Å². The van der Waals surface area contributed by atoms with Crippen molar-refractivity contribution in [2.45, 2.75) is 60.1 Å². The summed E-state index contributed by atoms with van der Waals surface area (Å²) in [6.07, 6.45) is 0.133. The molecule has 1 amide bonds. The molecule has 0 spiro atoms. The molecule has 0 bridgehead atoms. The first-order chi connectivity index (χ1) is 11.8. The Labute approximate surface area is 151 Å². The van der Waals surface area contributed by atoms with E-state index in [1.807, 2.05) is 39.8 Å². The smallest absolute Gasteiger partial charge is 0.261 e. The standard InChI is InChI=1S/C22H29NO2/c1-7-20(25-21-11-9-15(3)13-17(21)5)22(24)23-18(6)19-10-8-14(2)12-16(19)4/h8-13,18,20H,7H2,1-6H3,(H,23,24). The monoisotopic (exact) mass is 339 g/mol. The summed E-state index contributed by atoms with van der Waals surface area (Å²) in [7, 11) is 0. The second-order valence-electron chi connectivity index (χ2n) is 6.87. The Hall–Kier alpha value is -2.29. The first kappa shape index (κ1) is 19.0. The summed E-state index contributed by atoms with van der Waals surface area (Å²) in [5.41, 5.74) is 5.79. The van der Waals surface area contributed by atoms with Crippen molar-refractivity contribution in [1.29, 1.82) is 0 Å². The number of carbonyl (C=O) groups excluding carboxylic acids is 1. The van der Waals surface area contributed by atoms with Gasteiger partial charge in [0.2, 0.25) is 0 Å². The van der Waals surface area contributed by atoms with Gasteiger partial charge in [-0.25, -0.2) is 0 Å². The minimum absolute atomic E-state index is 0.0511. The van der Waals surface area contributed by atoms with Crippen molar-refractivity contribution in [3.8, 4) is 5.75 Å². The van der Waals surface area contributed by atoms with E-state index in [-0.39, 0.29) is 11.9 Å². The van der Waals surface area contributed by atoms with Gasteiger partial charge in [0.25, 0.3) is 5.91 Å². The lowest BCUT2D eigenvalue weighted by Crippen LogP contribution is -2.39. The zero-order chi connectivity index (χ0) is 18.6. The van der Waals surface area contributed by atoms with Gasteiger partial charge in [-0.2, -0.15) is 0 Å². The Morgan fingerprint density at radius 1 is 1.00 bits per heavy atom. The maximum Gasteiger partial charge on any atom is 0.261 e. The number of hydrogen-bond acceptors (Lipinski definition) is 2. The number of nitrogens with one attached hydrogen (secondary N) is 1. The lowest BCUT2D eigenvalue weighted by atomic mass is 10.00. The molecule has 2 atom stereocenters. The maximum absolute atomic E-state index is 12.7. The zero-order valence-corrected chi connectivity index (χ0v) is 16.1. The van der Waals surface area contributed by atoms with E-state index in [0.717, 1.165) is 16.9 Å². The number of carbonyl (C=O) groups is 1. The minimum atomic E-state index is -0.491. The van der Waals surface area contributed by atoms with Crippen molar-refractivity contribution in [2.24, 2.45) is 0 Å². The molecule has 3 heteroatoms. The quantitative estimate of drug-likeness (QED) is 0.808. The Bertz CT molecular complexity index is 752. The molecule has 1 N–H and O–H groups in total. The van der Waals surface area contributed by atoms with Crippen molar-refractivity contribution in [3.05, 3.63) is 64.2 Å². The zero-order valence-electron chi connectivity index (χ0n) is 16.1. The fourth-order valence-electron chi connectivity index (χ4n) is 3.10. The summed E-state index contributed by atoms with van der Waals surface area (Å²) in [4.78, 5) is 12.7. The second kappa shape index (κ2) is 8.19. The molecule has 0 saturated heterocycles. The van der Waals surface area contributed by atoms with Gasteiger partial charge >= 0.3 is 0 Å². The van der Waals surface area contributed by atoms with Crippen LogP contribution < -0.4 is 10.1 Å². The first-order valence-corrected chi connectivity index (χ1v) is 8.93. The van der Waals surface area contributed by atoms with E-state index >= 15 is 0 Å². The van der Waals surface area contributed by atoms with Crippen LogP contribution in [0, 0.1) is 27.7 Å². The topological polar surface area (TPSA) is 38.3 Å². The van der Waals surface area contributed by atoms with Crippen LogP contribution in [0.25, 0.3) is 0 Å². The summed E-state index contributed by atoms with van der Waals surface area (Å²) < 4.78 is 5.99. The minimum Gasteiger partial charge on any atom is -0.480 e. The molecule has 2 unspecified atom stereocenters. The van der Waals surface area contributed by atoms with Gasteiger partial charge in [-0.3, -0.25) is 4.79 Å². The number of aryl methyl sites for hydroxylation is 4. The molecule has 0 radical (unpaired) electrons. The number of hydrogen-bond donors (Lipinski definition) is 1. The molecule has 0 aliphatic rings. The van der Waals surface area contributed by atoms with Crippen LogP contribution in [0.2, 0.25) is 0 Å². The van der Waals surface area contributed by atoms with Crippen molar-refractivity contribution < 1.29 is 9.53 Å². The van der Waals surface area contributed by atoms with E-state index in [1.54, 1.807) is 0 Å². The van der Waals surface area contributed by atoms with Crippen LogP contribution in [-0.4, -0.2) is 12.0 Å². The molecule has 2 rings (SSSR count). The predicted octanol–water partition coefficient (Wildman–Crippen LogP) is 4.96. The average Bonchev–Trinajstić information content (AvgIpc) is 2.53. The van der Waals surface area contributed by atoms with Crippen molar-refractivity contribution in [2.75, 3.05) is 0 Å². The van der Waals surface area contributed by atoms with Crippen LogP contribution in [0.4, 0.5) is 0 Å². The Morgan fingerprint density at radius 3 is 2.16 bits per heavy atom. The van der Waals surface area contributed by atoms with E-state index < -0.39 is 6.10 Å². The van der Waals surface area contributed by atoms with Crippen LogP contribution in [0.3, 0.4) is 0 Å². The summed E-state index contributed by atoms with van der Waals surface area (Å²) in [6.45, 7) is 12.2. The molecule has 134 valence electrons. The molecule has 3 nitrogen and oxygen atoms in total. The lowest BCUT2D eigenvalue weighted by Gasteiger charge is -2.22. The van der Waals surface area contributed by atoms with E-state index in [4.69, 9.17) is 4.74 Å². The summed E-state index contributed by atoms with van der Waals surface area (Å²) in [6, 6.07) is 12.3. The van der Waals surface area contributed by atoms with Crippen molar-refractivity contribution >= 4 is 5.91 Å². The van der Waals surface area contributed by atoms with E-state index in [0.29, 0.717) is 6.42 Å². The normalized spacial score (nSPS) is 13.2. The number of ether oxygens (including phenoxy) is 1. The molecule has 2 aromatic carbocycles. The highest BCUT2D eigenvalue weighted by molar-refractivity contribution is 5.81. The number of benzene rings is 2. The molecule has 0 heterocycles. The average molecular weight is 339 g/mol. The Morgan fingerprint density at radius 2 is 1.60 bits per heavy atom. The third-order valence-corrected chi connectivity index (χ3v) is 4.51. The van der Waals surface area contributed by atoms with Gasteiger partial charge in [0, 0.05) is 0 Å². The third kappa shape index (κ3) is 4.85. The Balaban J connectivity index is 2.08. The van der Waals surface area contributed by atoms with Crippen LogP contribution >= 0.6 is 0 Å². The molecule has 25 heavy (non-hydrogen) atoms. The molecule has 0 saturated carbocycles. The van der Waals surface area contributed by atoms with Gasteiger partial charge in [0.15, 0.2) is 6.10 Å². The molecular formula is C22H29NO2. The predicted molar refractivity (Wildman–Crippen MR) is 103 cm³/mol. The molecule has 0 aliphatic carbocycles. The van der Waals surface area contributed by atoms with Crippen molar-refractivity contribution in [3.63, 3.8) is 0 Å². The molecule has 0 fully saturated rings. The van der Waals surface area contributed by atoms with Crippen molar-refractivity contribution in [1.82, 2.24) is 5.32 Å². The highest BCUT2D eigenvalue weighted by Crippen LogP contribution is 2.22. The van der Waals surface area contributed by atoms with E-state index in [9.17, 15) is 4.79 Å². The highest BCUT2D eigenvalue weighted by atomic mass is 16.5.